The second-order valence-electron chi connectivity index (χ2n) is 6.61. The fraction of sp³-hybridized carbons (Fsp3) is 0.333. The Morgan fingerprint density at radius 3 is 1.22 bits per heavy atom. The molecule has 0 aromatic heterocycles. The minimum absolute atomic E-state index is 0.436. The summed E-state index contributed by atoms with van der Waals surface area (Å²) in [6.07, 6.45) is 0. The number of benzene rings is 2. The molecule has 118 valence electrons. The van der Waals surface area contributed by atoms with Gasteiger partial charge in [0.15, 0.2) is 0 Å². The predicted molar refractivity (Wildman–Crippen MR) is 105 cm³/mol. The van der Waals surface area contributed by atoms with Crippen molar-refractivity contribution in [1.29, 1.82) is 0 Å². The third-order valence-electron chi connectivity index (χ3n) is 5.62. The molecule has 4 aliphatic rings. The molecule has 0 spiro atoms. The standard InChI is InChI=1S/C18H12Br4O/c19-13-1-7-8(2-14(13)20)18-10-4-16(22)15(21)3-9(10)17(7)11-5-23-6-12(11)18/h1-4,11-12,17-18H,5-6H2/t11-,12+,17?,18?. The van der Waals surface area contributed by atoms with Crippen LogP contribution >= 0.6 is 63.7 Å². The van der Waals surface area contributed by atoms with Crippen molar-refractivity contribution in [2.24, 2.45) is 11.8 Å². The van der Waals surface area contributed by atoms with Gasteiger partial charge in [-0.05, 0) is 122 Å². The average Bonchev–Trinajstić information content (AvgIpc) is 2.99. The quantitative estimate of drug-likeness (QED) is 0.351. The van der Waals surface area contributed by atoms with Gasteiger partial charge in [-0.15, -0.1) is 0 Å². The predicted octanol–water partition coefficient (Wildman–Crippen LogP) is 6.59. The van der Waals surface area contributed by atoms with Crippen LogP contribution in [0.25, 0.3) is 0 Å². The number of ether oxygens (including phenoxy) is 1. The van der Waals surface area contributed by atoms with Crippen LogP contribution in [-0.4, -0.2) is 13.2 Å². The Morgan fingerprint density at radius 1 is 0.609 bits per heavy atom. The smallest absolute Gasteiger partial charge is 0.0507 e. The van der Waals surface area contributed by atoms with Gasteiger partial charge in [-0.25, -0.2) is 0 Å². The van der Waals surface area contributed by atoms with Crippen LogP contribution in [0.1, 0.15) is 34.1 Å². The summed E-state index contributed by atoms with van der Waals surface area (Å²) in [5, 5.41) is 0. The lowest BCUT2D eigenvalue weighted by molar-refractivity contribution is 0.179. The molecular formula is C18H12Br4O. The summed E-state index contributed by atoms with van der Waals surface area (Å²) in [7, 11) is 0. The molecule has 1 fully saturated rings. The van der Waals surface area contributed by atoms with Crippen molar-refractivity contribution in [2.45, 2.75) is 11.8 Å². The van der Waals surface area contributed by atoms with E-state index in [1.807, 2.05) is 0 Å². The Hall–Kier alpha value is 0.320. The van der Waals surface area contributed by atoms with Crippen LogP contribution in [0, 0.1) is 11.8 Å². The molecule has 1 aliphatic heterocycles. The lowest BCUT2D eigenvalue weighted by Crippen LogP contribution is -2.39. The molecule has 2 aromatic carbocycles. The molecular weight excluding hydrogens is 552 g/mol. The van der Waals surface area contributed by atoms with Gasteiger partial charge in [-0.3, -0.25) is 0 Å². The molecule has 3 aliphatic carbocycles. The molecule has 1 nitrogen and oxygen atoms in total. The highest BCUT2D eigenvalue weighted by molar-refractivity contribution is 9.13. The molecule has 23 heavy (non-hydrogen) atoms. The first kappa shape index (κ1) is 15.6. The minimum atomic E-state index is 0.436. The van der Waals surface area contributed by atoms with E-state index in [1.165, 1.54) is 22.3 Å². The van der Waals surface area contributed by atoms with Crippen LogP contribution in [0.15, 0.2) is 42.2 Å². The lowest BCUT2D eigenvalue weighted by atomic mass is 9.55. The summed E-state index contributed by atoms with van der Waals surface area (Å²) in [6, 6.07) is 9.24. The fourth-order valence-electron chi connectivity index (χ4n) is 4.76. The van der Waals surface area contributed by atoms with E-state index in [9.17, 15) is 0 Å². The summed E-state index contributed by atoms with van der Waals surface area (Å²) in [4.78, 5) is 0. The fourth-order valence-corrected chi connectivity index (χ4v) is 6.21. The van der Waals surface area contributed by atoms with Crippen molar-refractivity contribution in [3.8, 4) is 0 Å². The maximum Gasteiger partial charge on any atom is 0.0507 e. The van der Waals surface area contributed by atoms with Crippen molar-refractivity contribution in [3.05, 3.63) is 64.4 Å². The highest BCUT2D eigenvalue weighted by Gasteiger charge is 2.52. The Labute approximate surface area is 168 Å². The SMILES string of the molecule is Brc1cc2c(cc1Br)C1c3cc(Br)c(Br)cc3C2[C@H]2COC[C@@H]12. The average molecular weight is 564 g/mol. The zero-order chi connectivity index (χ0) is 15.9. The molecule has 1 heterocycles. The zero-order valence-electron chi connectivity index (χ0n) is 12.0. The van der Waals surface area contributed by atoms with Crippen LogP contribution in [0.2, 0.25) is 0 Å². The van der Waals surface area contributed by atoms with Gasteiger partial charge in [0.05, 0.1) is 13.2 Å². The zero-order valence-corrected chi connectivity index (χ0v) is 18.3. The molecule has 2 aromatic rings. The van der Waals surface area contributed by atoms with Gasteiger partial charge in [0, 0.05) is 29.7 Å². The van der Waals surface area contributed by atoms with E-state index in [2.05, 4.69) is 88.0 Å². The second kappa shape index (κ2) is 5.41. The van der Waals surface area contributed by atoms with Crippen LogP contribution in [0.5, 0.6) is 0 Å². The molecule has 5 heteroatoms. The van der Waals surface area contributed by atoms with Crippen molar-refractivity contribution >= 4 is 63.7 Å². The highest BCUT2D eigenvalue weighted by atomic mass is 79.9. The molecule has 6 rings (SSSR count). The molecule has 0 saturated carbocycles. The van der Waals surface area contributed by atoms with Gasteiger partial charge in [-0.1, -0.05) is 0 Å². The van der Waals surface area contributed by atoms with Crippen molar-refractivity contribution in [2.75, 3.05) is 13.2 Å². The molecule has 2 atom stereocenters. The van der Waals surface area contributed by atoms with E-state index >= 15 is 0 Å². The third-order valence-corrected chi connectivity index (χ3v) is 9.31. The molecule has 1 saturated heterocycles. The van der Waals surface area contributed by atoms with E-state index < -0.39 is 0 Å². The van der Waals surface area contributed by atoms with E-state index in [1.54, 1.807) is 0 Å². The van der Waals surface area contributed by atoms with Crippen molar-refractivity contribution < 1.29 is 4.74 Å². The maximum atomic E-state index is 5.91. The number of halogens is 4. The van der Waals surface area contributed by atoms with Crippen molar-refractivity contribution in [1.82, 2.24) is 0 Å². The molecule has 0 amide bonds. The lowest BCUT2D eigenvalue weighted by Gasteiger charge is -2.48. The van der Waals surface area contributed by atoms with Crippen LogP contribution in [-0.2, 0) is 4.74 Å². The summed E-state index contributed by atoms with van der Waals surface area (Å²) >= 11 is 14.8. The van der Waals surface area contributed by atoms with E-state index in [4.69, 9.17) is 4.74 Å². The Morgan fingerprint density at radius 2 is 0.913 bits per heavy atom. The molecule has 0 N–H and O–H groups in total. The Bertz CT molecular complexity index is 720. The summed E-state index contributed by atoms with van der Waals surface area (Å²) in [5.41, 5.74) is 5.88. The van der Waals surface area contributed by atoms with E-state index in [0.717, 1.165) is 31.1 Å². The summed E-state index contributed by atoms with van der Waals surface area (Å²) in [6.45, 7) is 1.76. The maximum absolute atomic E-state index is 5.91. The number of rotatable bonds is 0. The number of hydrogen-bond acceptors (Lipinski definition) is 1. The van der Waals surface area contributed by atoms with E-state index in [0.29, 0.717) is 23.7 Å². The molecule has 2 bridgehead atoms. The minimum Gasteiger partial charge on any atom is -0.381 e. The van der Waals surface area contributed by atoms with Gasteiger partial charge in [-0.2, -0.15) is 0 Å². The first-order valence-electron chi connectivity index (χ1n) is 7.61. The Kier molecular flexibility index (Phi) is 3.66. The van der Waals surface area contributed by atoms with Gasteiger partial charge in [0.1, 0.15) is 0 Å². The monoisotopic (exact) mass is 560 g/mol. The second-order valence-corrected chi connectivity index (χ2v) is 10.0. The highest BCUT2D eigenvalue weighted by Crippen LogP contribution is 2.61. The first-order valence-corrected chi connectivity index (χ1v) is 10.8. The van der Waals surface area contributed by atoms with Gasteiger partial charge in [0.2, 0.25) is 0 Å². The van der Waals surface area contributed by atoms with Crippen LogP contribution in [0.3, 0.4) is 0 Å². The van der Waals surface area contributed by atoms with Gasteiger partial charge < -0.3 is 4.74 Å². The normalized spacial score (nSPS) is 30.1. The first-order chi connectivity index (χ1) is 11.1. The van der Waals surface area contributed by atoms with Gasteiger partial charge in [0.25, 0.3) is 0 Å². The number of hydrogen-bond donors (Lipinski definition) is 0. The van der Waals surface area contributed by atoms with Crippen LogP contribution in [0.4, 0.5) is 0 Å². The molecule has 0 unspecified atom stereocenters. The van der Waals surface area contributed by atoms with Crippen molar-refractivity contribution in [3.63, 3.8) is 0 Å². The third kappa shape index (κ3) is 2.10. The Balaban J connectivity index is 1.83. The van der Waals surface area contributed by atoms with Gasteiger partial charge >= 0.3 is 0 Å². The largest absolute Gasteiger partial charge is 0.381 e. The van der Waals surface area contributed by atoms with Crippen LogP contribution < -0.4 is 0 Å². The topological polar surface area (TPSA) is 9.23 Å². The summed E-state index contributed by atoms with van der Waals surface area (Å²) < 4.78 is 10.5. The summed E-state index contributed by atoms with van der Waals surface area (Å²) in [5.74, 6) is 2.07. The molecule has 0 radical (unpaired) electrons. The van der Waals surface area contributed by atoms with E-state index in [-0.39, 0.29) is 0 Å².